The fourth-order valence-corrected chi connectivity index (χ4v) is 3.26. The van der Waals surface area contributed by atoms with E-state index in [-0.39, 0.29) is 23.8 Å². The van der Waals surface area contributed by atoms with Gasteiger partial charge < -0.3 is 15.1 Å². The summed E-state index contributed by atoms with van der Waals surface area (Å²) < 4.78 is 0. The number of amides is 2. The number of piperidine rings is 1. The fraction of sp³-hybridized carbons (Fsp3) is 0.867. The SMILES string of the molecule is CCN(CC)C(=O)C1CCN(C(=O)C2CCCN2)CC1. The van der Waals surface area contributed by atoms with E-state index in [0.29, 0.717) is 0 Å². The maximum atomic E-state index is 12.3. The van der Waals surface area contributed by atoms with Gasteiger partial charge in [-0.2, -0.15) is 0 Å². The van der Waals surface area contributed by atoms with Gasteiger partial charge in [-0.05, 0) is 46.1 Å². The van der Waals surface area contributed by atoms with E-state index in [1.165, 1.54) is 0 Å². The van der Waals surface area contributed by atoms with Crippen molar-refractivity contribution >= 4 is 11.8 Å². The first kappa shape index (κ1) is 15.3. The van der Waals surface area contributed by atoms with Crippen molar-refractivity contribution in [1.29, 1.82) is 0 Å². The van der Waals surface area contributed by atoms with Gasteiger partial charge >= 0.3 is 0 Å². The number of carbonyl (C=O) groups is 2. The lowest BCUT2D eigenvalue weighted by Gasteiger charge is -2.34. The normalized spacial score (nSPS) is 23.9. The largest absolute Gasteiger partial charge is 0.343 e. The van der Waals surface area contributed by atoms with Crippen LogP contribution in [0.2, 0.25) is 0 Å². The van der Waals surface area contributed by atoms with E-state index in [0.717, 1.165) is 58.4 Å². The van der Waals surface area contributed by atoms with Crippen LogP contribution < -0.4 is 5.32 Å². The van der Waals surface area contributed by atoms with Crippen molar-refractivity contribution in [2.24, 2.45) is 5.92 Å². The lowest BCUT2D eigenvalue weighted by molar-refractivity contribution is -0.141. The second kappa shape index (κ2) is 7.07. The minimum atomic E-state index is 0.0185. The highest BCUT2D eigenvalue weighted by molar-refractivity contribution is 5.83. The molecule has 0 aromatic heterocycles. The maximum Gasteiger partial charge on any atom is 0.239 e. The van der Waals surface area contributed by atoms with Gasteiger partial charge in [0, 0.05) is 32.1 Å². The lowest BCUT2D eigenvalue weighted by Crippen LogP contribution is -2.49. The smallest absolute Gasteiger partial charge is 0.239 e. The van der Waals surface area contributed by atoms with E-state index in [9.17, 15) is 9.59 Å². The standard InChI is InChI=1S/C15H27N3O2/c1-3-17(4-2)14(19)12-7-10-18(11-8-12)15(20)13-6-5-9-16-13/h12-13,16H,3-11H2,1-2H3. The molecule has 2 aliphatic rings. The Morgan fingerprint density at radius 3 is 2.30 bits per heavy atom. The van der Waals surface area contributed by atoms with Gasteiger partial charge in [0.25, 0.3) is 0 Å². The van der Waals surface area contributed by atoms with Crippen LogP contribution in [0, 0.1) is 5.92 Å². The highest BCUT2D eigenvalue weighted by atomic mass is 16.2. The summed E-state index contributed by atoms with van der Waals surface area (Å²) in [7, 11) is 0. The first-order valence-corrected chi connectivity index (χ1v) is 7.98. The van der Waals surface area contributed by atoms with Crippen LogP contribution in [0.5, 0.6) is 0 Å². The predicted molar refractivity (Wildman–Crippen MR) is 78.3 cm³/mol. The third kappa shape index (κ3) is 3.32. The zero-order chi connectivity index (χ0) is 14.5. The third-order valence-corrected chi connectivity index (χ3v) is 4.59. The van der Waals surface area contributed by atoms with Crippen molar-refractivity contribution in [3.05, 3.63) is 0 Å². The molecule has 0 radical (unpaired) electrons. The molecule has 0 spiro atoms. The average molecular weight is 281 g/mol. The molecule has 114 valence electrons. The number of hydrogen-bond donors (Lipinski definition) is 1. The van der Waals surface area contributed by atoms with Gasteiger partial charge in [0.2, 0.25) is 11.8 Å². The molecule has 0 saturated carbocycles. The first-order valence-electron chi connectivity index (χ1n) is 7.98. The Kier molecular flexibility index (Phi) is 5.40. The monoisotopic (exact) mass is 281 g/mol. The molecule has 0 aromatic rings. The lowest BCUT2D eigenvalue weighted by atomic mass is 9.94. The highest BCUT2D eigenvalue weighted by Crippen LogP contribution is 2.21. The van der Waals surface area contributed by atoms with E-state index >= 15 is 0 Å². The molecule has 2 aliphatic heterocycles. The van der Waals surface area contributed by atoms with Gasteiger partial charge in [-0.1, -0.05) is 0 Å². The Morgan fingerprint density at radius 1 is 1.15 bits per heavy atom. The predicted octanol–water partition coefficient (Wildman–Crippen LogP) is 0.845. The van der Waals surface area contributed by atoms with E-state index in [1.54, 1.807) is 0 Å². The van der Waals surface area contributed by atoms with E-state index in [1.807, 2.05) is 23.6 Å². The quantitative estimate of drug-likeness (QED) is 0.831. The second-order valence-electron chi connectivity index (χ2n) is 5.76. The molecule has 2 rings (SSSR count). The minimum absolute atomic E-state index is 0.0185. The van der Waals surface area contributed by atoms with E-state index in [4.69, 9.17) is 0 Å². The molecule has 1 unspecified atom stereocenters. The summed E-state index contributed by atoms with van der Waals surface area (Å²) in [6.45, 7) is 8.01. The molecule has 2 heterocycles. The van der Waals surface area contributed by atoms with Crippen molar-refractivity contribution in [2.45, 2.75) is 45.6 Å². The second-order valence-corrected chi connectivity index (χ2v) is 5.76. The van der Waals surface area contributed by atoms with Crippen molar-refractivity contribution in [2.75, 3.05) is 32.7 Å². The van der Waals surface area contributed by atoms with Crippen LogP contribution in [0.25, 0.3) is 0 Å². The minimum Gasteiger partial charge on any atom is -0.343 e. The van der Waals surface area contributed by atoms with Crippen LogP contribution in [-0.4, -0.2) is 60.4 Å². The van der Waals surface area contributed by atoms with Gasteiger partial charge in [0.1, 0.15) is 0 Å². The summed E-state index contributed by atoms with van der Waals surface area (Å²) in [5.41, 5.74) is 0. The Morgan fingerprint density at radius 2 is 1.80 bits per heavy atom. The van der Waals surface area contributed by atoms with Gasteiger partial charge in [-0.15, -0.1) is 0 Å². The fourth-order valence-electron chi connectivity index (χ4n) is 3.26. The van der Waals surface area contributed by atoms with Crippen molar-refractivity contribution in [3.63, 3.8) is 0 Å². The zero-order valence-electron chi connectivity index (χ0n) is 12.7. The molecule has 5 heteroatoms. The molecular weight excluding hydrogens is 254 g/mol. The topological polar surface area (TPSA) is 52.7 Å². The number of nitrogens with one attached hydrogen (secondary N) is 1. The maximum absolute atomic E-state index is 12.3. The highest BCUT2D eigenvalue weighted by Gasteiger charge is 2.32. The molecule has 1 N–H and O–H groups in total. The van der Waals surface area contributed by atoms with Crippen LogP contribution in [0.1, 0.15) is 39.5 Å². The van der Waals surface area contributed by atoms with Gasteiger partial charge in [-0.25, -0.2) is 0 Å². The van der Waals surface area contributed by atoms with Gasteiger partial charge in [0.15, 0.2) is 0 Å². The summed E-state index contributed by atoms with van der Waals surface area (Å²) in [4.78, 5) is 28.4. The summed E-state index contributed by atoms with van der Waals surface area (Å²) >= 11 is 0. The average Bonchev–Trinajstić information content (AvgIpc) is 3.02. The van der Waals surface area contributed by atoms with Crippen molar-refractivity contribution < 1.29 is 9.59 Å². The number of carbonyl (C=O) groups excluding carboxylic acids is 2. The third-order valence-electron chi connectivity index (χ3n) is 4.59. The van der Waals surface area contributed by atoms with Crippen LogP contribution in [0.4, 0.5) is 0 Å². The zero-order valence-corrected chi connectivity index (χ0v) is 12.7. The van der Waals surface area contributed by atoms with Gasteiger partial charge in [0.05, 0.1) is 6.04 Å². The van der Waals surface area contributed by atoms with Crippen LogP contribution in [0.15, 0.2) is 0 Å². The molecule has 2 fully saturated rings. The summed E-state index contributed by atoms with van der Waals surface area (Å²) in [6.07, 6.45) is 3.67. The Hall–Kier alpha value is -1.10. The molecule has 0 aliphatic carbocycles. The first-order chi connectivity index (χ1) is 9.67. The summed E-state index contributed by atoms with van der Waals surface area (Å²) in [5.74, 6) is 0.604. The Labute approximate surface area is 121 Å². The van der Waals surface area contributed by atoms with Crippen LogP contribution in [0.3, 0.4) is 0 Å². The molecule has 0 bridgehead atoms. The summed E-state index contributed by atoms with van der Waals surface area (Å²) in [6, 6.07) is 0.0185. The molecular formula is C15H27N3O2. The molecule has 2 saturated heterocycles. The molecule has 1 atom stereocenters. The Balaban J connectivity index is 1.82. The molecule has 5 nitrogen and oxygen atoms in total. The Bertz CT molecular complexity index is 319. The van der Waals surface area contributed by atoms with Crippen molar-refractivity contribution in [3.8, 4) is 0 Å². The van der Waals surface area contributed by atoms with Gasteiger partial charge in [-0.3, -0.25) is 9.59 Å². The van der Waals surface area contributed by atoms with E-state index < -0.39 is 0 Å². The molecule has 2 amide bonds. The van der Waals surface area contributed by atoms with Crippen LogP contribution in [-0.2, 0) is 9.59 Å². The number of likely N-dealkylation sites (tertiary alicyclic amines) is 1. The van der Waals surface area contributed by atoms with E-state index in [2.05, 4.69) is 5.32 Å². The molecule has 20 heavy (non-hydrogen) atoms. The van der Waals surface area contributed by atoms with Crippen molar-refractivity contribution in [1.82, 2.24) is 15.1 Å². The number of nitrogens with zero attached hydrogens (tertiary/aromatic N) is 2. The van der Waals surface area contributed by atoms with Crippen LogP contribution >= 0.6 is 0 Å². The summed E-state index contributed by atoms with van der Waals surface area (Å²) in [5, 5.41) is 3.26. The number of rotatable bonds is 4. The molecule has 0 aromatic carbocycles. The number of hydrogen-bond acceptors (Lipinski definition) is 3.